The lowest BCUT2D eigenvalue weighted by Gasteiger charge is -2.23. The molecule has 0 saturated heterocycles. The van der Waals surface area contributed by atoms with Gasteiger partial charge in [-0.05, 0) is 25.7 Å². The molecule has 0 spiro atoms. The van der Waals surface area contributed by atoms with E-state index in [2.05, 4.69) is 39.5 Å². The van der Waals surface area contributed by atoms with Gasteiger partial charge in [0.15, 0.2) is 0 Å². The van der Waals surface area contributed by atoms with E-state index in [9.17, 15) is 9.13 Å². The second kappa shape index (κ2) is 26.8. The first-order chi connectivity index (χ1) is 16.9. The Balaban J connectivity index is 0. The lowest BCUT2D eigenvalue weighted by Crippen LogP contribution is -2.07. The predicted molar refractivity (Wildman–Crippen MR) is 140 cm³/mol. The van der Waals surface area contributed by atoms with E-state index in [1.54, 1.807) is 0 Å². The molecule has 0 saturated carbocycles. The number of hydrogen-bond donors (Lipinski definition) is 2. The van der Waals surface area contributed by atoms with Gasteiger partial charge in [-0.15, -0.1) is 0 Å². The van der Waals surface area contributed by atoms with Crippen LogP contribution in [-0.2, 0) is 31.5 Å². The monoisotopic (exact) mass is 544 g/mol. The summed E-state index contributed by atoms with van der Waals surface area (Å²) in [6, 6.07) is 0. The molecule has 0 amide bonds. The molecule has 0 aliphatic heterocycles. The number of aliphatic hydroxyl groups excluding tert-OH is 2. The van der Waals surface area contributed by atoms with Gasteiger partial charge in [-0.1, -0.05) is 90.9 Å². The van der Waals surface area contributed by atoms with Crippen LogP contribution in [0.4, 0.5) is 0 Å². The Hall–Kier alpha value is -0.260. The highest BCUT2D eigenvalue weighted by atomic mass is 31.3. The van der Waals surface area contributed by atoms with Gasteiger partial charge in [-0.2, -0.15) is 4.31 Å². The molecule has 0 rings (SSSR count). The Kier molecular flexibility index (Phi) is 28.2. The third-order valence-electron chi connectivity index (χ3n) is 4.47. The lowest BCUT2D eigenvalue weighted by atomic mass is 10.3. The highest BCUT2D eigenvalue weighted by molar-refractivity contribution is 7.62. The molecule has 0 aliphatic rings. The molecule has 0 aromatic carbocycles. The van der Waals surface area contributed by atoms with Gasteiger partial charge in [-0.3, -0.25) is 18.1 Å². The predicted octanol–water partition coefficient (Wildman–Crippen LogP) is 7.02. The van der Waals surface area contributed by atoms with E-state index in [1.165, 1.54) is 0 Å². The Bertz CT molecular complexity index is 526. The Morgan fingerprint density at radius 3 is 0.971 bits per heavy atom. The average molecular weight is 545 g/mol. The maximum atomic E-state index is 13.1. The van der Waals surface area contributed by atoms with Crippen molar-refractivity contribution in [3.8, 4) is 11.8 Å². The Labute approximate surface area is 213 Å². The first-order valence-electron chi connectivity index (χ1n) is 13.0. The average Bonchev–Trinajstić information content (AvgIpc) is 2.84. The summed E-state index contributed by atoms with van der Waals surface area (Å²) in [7, 11) is -8.09. The molecule has 35 heavy (non-hydrogen) atoms. The fourth-order valence-electron chi connectivity index (χ4n) is 2.52. The highest BCUT2D eigenvalue weighted by Crippen LogP contribution is 2.66. The maximum Gasteiger partial charge on any atom is 0.483 e. The first-order valence-corrected chi connectivity index (χ1v) is 16.0. The molecule has 0 radical (unpaired) electrons. The van der Waals surface area contributed by atoms with E-state index in [4.69, 9.17) is 32.6 Å². The number of hydrogen-bond acceptors (Lipinski definition) is 9. The topological polar surface area (TPSA) is 121 Å². The zero-order chi connectivity index (χ0) is 26.7. The second-order valence-electron chi connectivity index (χ2n) is 7.81. The van der Waals surface area contributed by atoms with Crippen molar-refractivity contribution in [2.24, 2.45) is 0 Å². The molecule has 11 heteroatoms. The molecule has 9 nitrogen and oxygen atoms in total. The molecular formula is C24H50O9P2. The molecule has 0 heterocycles. The van der Waals surface area contributed by atoms with Crippen molar-refractivity contribution in [2.75, 3.05) is 39.6 Å². The van der Waals surface area contributed by atoms with E-state index >= 15 is 0 Å². The third kappa shape index (κ3) is 25.2. The van der Waals surface area contributed by atoms with Crippen molar-refractivity contribution in [1.29, 1.82) is 0 Å². The maximum absolute atomic E-state index is 13.1. The molecule has 0 aromatic rings. The van der Waals surface area contributed by atoms with Gasteiger partial charge < -0.3 is 10.2 Å². The fourth-order valence-corrected chi connectivity index (χ4v) is 5.81. The van der Waals surface area contributed by atoms with E-state index in [1.807, 2.05) is 0 Å². The summed E-state index contributed by atoms with van der Waals surface area (Å²) in [4.78, 5) is 0. The van der Waals surface area contributed by atoms with Gasteiger partial charge in [0.2, 0.25) is 0 Å². The van der Waals surface area contributed by atoms with Crippen molar-refractivity contribution in [3.05, 3.63) is 0 Å². The lowest BCUT2D eigenvalue weighted by molar-refractivity contribution is 0.106. The summed E-state index contributed by atoms with van der Waals surface area (Å²) in [5, 5.41) is 15.8. The summed E-state index contributed by atoms with van der Waals surface area (Å²) in [5.74, 6) is 4.51. The van der Waals surface area contributed by atoms with Gasteiger partial charge in [0.25, 0.3) is 0 Å². The molecule has 0 aromatic heterocycles. The quantitative estimate of drug-likeness (QED) is 0.0841. The van der Waals surface area contributed by atoms with Crippen LogP contribution < -0.4 is 0 Å². The zero-order valence-electron chi connectivity index (χ0n) is 22.4. The van der Waals surface area contributed by atoms with E-state index in [-0.39, 0.29) is 39.6 Å². The van der Waals surface area contributed by atoms with Crippen molar-refractivity contribution in [1.82, 2.24) is 0 Å². The first kappa shape index (κ1) is 36.9. The van der Waals surface area contributed by atoms with Crippen LogP contribution in [0.15, 0.2) is 0 Å². The minimum atomic E-state index is -4.05. The molecule has 0 bridgehead atoms. The number of rotatable bonds is 22. The summed E-state index contributed by atoms with van der Waals surface area (Å²) < 4.78 is 53.4. The molecule has 0 aliphatic carbocycles. The van der Waals surface area contributed by atoms with E-state index < -0.39 is 15.6 Å². The minimum absolute atomic E-state index is 0.166. The normalized spacial score (nSPS) is 11.5. The van der Waals surface area contributed by atoms with Gasteiger partial charge in [0.1, 0.15) is 13.2 Å². The largest absolute Gasteiger partial charge is 0.483 e. The summed E-state index contributed by atoms with van der Waals surface area (Å²) in [6.45, 7) is 8.80. The molecule has 210 valence electrons. The minimum Gasteiger partial charge on any atom is -0.384 e. The third-order valence-corrected chi connectivity index (χ3v) is 8.07. The fraction of sp³-hybridized carbons (Fsp3) is 0.917. The van der Waals surface area contributed by atoms with Crippen molar-refractivity contribution < 1.29 is 41.7 Å². The molecule has 0 unspecified atom stereocenters. The summed E-state index contributed by atoms with van der Waals surface area (Å²) >= 11 is 0. The number of phosphoric ester groups is 2. The standard InChI is InChI=1S/C20H44O7P2.C4H6O2/c1-5-9-13-17-23-28(21,24-18-14-10-6-2)27-29(22,25-19-15-11-7-3)26-20-16-12-8-4;5-3-1-2-4-6/h5-20H2,1-4H3;5-6H,3-4H2. The van der Waals surface area contributed by atoms with Gasteiger partial charge >= 0.3 is 15.6 Å². The number of unbranched alkanes of at least 4 members (excludes halogenated alkanes) is 8. The molecule has 0 fully saturated rings. The summed E-state index contributed by atoms with van der Waals surface area (Å²) in [5.41, 5.74) is 0. The van der Waals surface area contributed by atoms with Gasteiger partial charge in [0.05, 0.1) is 26.4 Å². The van der Waals surface area contributed by atoms with Crippen molar-refractivity contribution in [2.45, 2.75) is 105 Å². The van der Waals surface area contributed by atoms with Crippen LogP contribution in [0.5, 0.6) is 0 Å². The van der Waals surface area contributed by atoms with Crippen LogP contribution in [0.25, 0.3) is 0 Å². The molecule has 0 atom stereocenters. The van der Waals surface area contributed by atoms with Crippen molar-refractivity contribution >= 4 is 15.6 Å². The van der Waals surface area contributed by atoms with Crippen molar-refractivity contribution in [3.63, 3.8) is 0 Å². The second-order valence-corrected chi connectivity index (χ2v) is 11.3. The zero-order valence-corrected chi connectivity index (χ0v) is 24.2. The van der Waals surface area contributed by atoms with E-state index in [0.29, 0.717) is 0 Å². The van der Waals surface area contributed by atoms with Crippen LogP contribution >= 0.6 is 15.6 Å². The van der Waals surface area contributed by atoms with Crippen LogP contribution in [0.3, 0.4) is 0 Å². The van der Waals surface area contributed by atoms with Crippen LogP contribution in [-0.4, -0.2) is 49.9 Å². The van der Waals surface area contributed by atoms with Crippen LogP contribution in [0.2, 0.25) is 0 Å². The van der Waals surface area contributed by atoms with Crippen LogP contribution in [0, 0.1) is 11.8 Å². The molecular weight excluding hydrogens is 494 g/mol. The smallest absolute Gasteiger partial charge is 0.384 e. The van der Waals surface area contributed by atoms with Gasteiger partial charge in [0, 0.05) is 0 Å². The van der Waals surface area contributed by atoms with E-state index in [0.717, 1.165) is 77.0 Å². The SMILES string of the molecule is CCCCCOP(=O)(OCCCCC)OP(=O)(OCCCCC)OCCCCC.OCC#CCO. The Morgan fingerprint density at radius 1 is 0.514 bits per heavy atom. The number of phosphoric acid groups is 2. The van der Waals surface area contributed by atoms with Crippen LogP contribution in [0.1, 0.15) is 105 Å². The summed E-state index contributed by atoms with van der Waals surface area (Å²) in [6.07, 6.45) is 10.7. The van der Waals surface area contributed by atoms with Gasteiger partial charge in [-0.25, -0.2) is 9.13 Å². The number of aliphatic hydroxyl groups is 2. The highest BCUT2D eigenvalue weighted by Gasteiger charge is 2.40. The Morgan fingerprint density at radius 2 is 0.771 bits per heavy atom. The molecule has 2 N–H and O–H groups in total.